The number of benzene rings is 2. The average Bonchev–Trinajstić information content (AvgIpc) is 2.41. The normalized spacial score (nSPS) is 11.3. The molecule has 2 aromatic carbocycles. The third-order valence-corrected chi connectivity index (χ3v) is 2.84. The van der Waals surface area contributed by atoms with Crippen LogP contribution in [0.2, 0.25) is 0 Å². The number of halogens is 5. The Hall–Kier alpha value is -2.31. The molecule has 2 aromatic rings. The molecule has 7 heteroatoms. The number of aryl methyl sites for hydroxylation is 1. The zero-order valence-corrected chi connectivity index (χ0v) is 11.9. The van der Waals surface area contributed by atoms with E-state index in [9.17, 15) is 22.0 Å². The maximum atomic E-state index is 13.3. The lowest BCUT2D eigenvalue weighted by Gasteiger charge is -2.11. The Bertz CT molecular complexity index is 655. The fourth-order valence-corrected chi connectivity index (χ4v) is 1.98. The first-order valence-electron chi connectivity index (χ1n) is 6.75. The predicted molar refractivity (Wildman–Crippen MR) is 73.3 cm³/mol. The van der Waals surface area contributed by atoms with Gasteiger partial charge in [0.25, 0.3) is 0 Å². The fourth-order valence-electron chi connectivity index (χ4n) is 1.98. The van der Waals surface area contributed by atoms with E-state index in [0.717, 1.165) is 12.1 Å². The molecule has 0 amide bonds. The minimum atomic E-state index is -4.87. The summed E-state index contributed by atoms with van der Waals surface area (Å²) in [7, 11) is 0. The second kappa shape index (κ2) is 7.30. The van der Waals surface area contributed by atoms with E-state index < -0.39 is 23.7 Å². The highest BCUT2D eigenvalue weighted by Gasteiger charge is 2.31. The van der Waals surface area contributed by atoms with Gasteiger partial charge in [0.2, 0.25) is 0 Å². The standard InChI is InChI=1S/C16H13F5O2/c17-12-4-1-5-14(9-12)22-6-2-3-11-7-13(18)10-15(8-11)23-16(19,20)21/h1,4-5,7-10H,2-3,6H2. The van der Waals surface area contributed by atoms with Crippen molar-refractivity contribution in [2.45, 2.75) is 19.2 Å². The molecular formula is C16H13F5O2. The van der Waals surface area contributed by atoms with E-state index in [4.69, 9.17) is 4.74 Å². The van der Waals surface area contributed by atoms with Crippen LogP contribution in [0.4, 0.5) is 22.0 Å². The lowest BCUT2D eigenvalue weighted by atomic mass is 10.1. The summed E-state index contributed by atoms with van der Waals surface area (Å²) in [6, 6.07) is 8.50. The van der Waals surface area contributed by atoms with Gasteiger partial charge in [0.05, 0.1) is 6.61 Å². The van der Waals surface area contributed by atoms with Gasteiger partial charge in [0, 0.05) is 12.1 Å². The van der Waals surface area contributed by atoms with Crippen molar-refractivity contribution in [2.75, 3.05) is 6.61 Å². The number of ether oxygens (including phenoxy) is 2. The molecule has 0 bridgehead atoms. The number of hydrogen-bond donors (Lipinski definition) is 0. The molecule has 0 heterocycles. The van der Waals surface area contributed by atoms with Crippen LogP contribution in [0.3, 0.4) is 0 Å². The molecule has 2 rings (SSSR count). The summed E-state index contributed by atoms with van der Waals surface area (Å²) in [6.45, 7) is 0.218. The van der Waals surface area contributed by atoms with Crippen LogP contribution >= 0.6 is 0 Å². The van der Waals surface area contributed by atoms with Crippen LogP contribution in [-0.4, -0.2) is 13.0 Å². The summed E-state index contributed by atoms with van der Waals surface area (Å²) < 4.78 is 71.7. The van der Waals surface area contributed by atoms with Gasteiger partial charge < -0.3 is 9.47 Å². The van der Waals surface area contributed by atoms with Gasteiger partial charge in [-0.1, -0.05) is 6.07 Å². The highest BCUT2D eigenvalue weighted by Crippen LogP contribution is 2.25. The van der Waals surface area contributed by atoms with Gasteiger partial charge in [0.1, 0.15) is 23.1 Å². The Morgan fingerprint density at radius 2 is 1.61 bits per heavy atom. The molecule has 0 aliphatic heterocycles. The van der Waals surface area contributed by atoms with Crippen molar-refractivity contribution < 1.29 is 31.4 Å². The van der Waals surface area contributed by atoms with Crippen molar-refractivity contribution in [3.8, 4) is 11.5 Å². The molecule has 0 saturated carbocycles. The second-order valence-electron chi connectivity index (χ2n) is 4.75. The quantitative estimate of drug-likeness (QED) is 0.555. The molecule has 23 heavy (non-hydrogen) atoms. The first kappa shape index (κ1) is 17.1. The summed E-state index contributed by atoms with van der Waals surface area (Å²) in [5.74, 6) is -1.49. The fraction of sp³-hybridized carbons (Fsp3) is 0.250. The highest BCUT2D eigenvalue weighted by atomic mass is 19.4. The van der Waals surface area contributed by atoms with Crippen LogP contribution in [-0.2, 0) is 6.42 Å². The molecule has 0 aliphatic rings. The van der Waals surface area contributed by atoms with Gasteiger partial charge in [-0.25, -0.2) is 8.78 Å². The Kier molecular flexibility index (Phi) is 5.41. The van der Waals surface area contributed by atoms with Crippen LogP contribution in [0.5, 0.6) is 11.5 Å². The molecule has 0 atom stereocenters. The molecule has 0 spiro atoms. The molecule has 0 aromatic heterocycles. The van der Waals surface area contributed by atoms with Crippen molar-refractivity contribution in [1.82, 2.24) is 0 Å². The van der Waals surface area contributed by atoms with Gasteiger partial charge in [-0.15, -0.1) is 13.2 Å². The number of alkyl halides is 3. The molecule has 2 nitrogen and oxygen atoms in total. The largest absolute Gasteiger partial charge is 0.573 e. The predicted octanol–water partition coefficient (Wildman–Crippen LogP) is 4.88. The second-order valence-corrected chi connectivity index (χ2v) is 4.75. The third kappa shape index (κ3) is 6.14. The highest BCUT2D eigenvalue weighted by molar-refractivity contribution is 5.30. The molecular weight excluding hydrogens is 319 g/mol. The smallest absolute Gasteiger partial charge is 0.493 e. The van der Waals surface area contributed by atoms with Crippen molar-refractivity contribution in [3.63, 3.8) is 0 Å². The summed E-state index contributed by atoms with van der Waals surface area (Å²) in [5, 5.41) is 0. The van der Waals surface area contributed by atoms with Crippen LogP contribution < -0.4 is 9.47 Å². The Morgan fingerprint density at radius 3 is 2.30 bits per heavy atom. The third-order valence-electron chi connectivity index (χ3n) is 2.84. The summed E-state index contributed by atoms with van der Waals surface area (Å²) in [6.07, 6.45) is -4.15. The van der Waals surface area contributed by atoms with Crippen molar-refractivity contribution in [3.05, 3.63) is 59.7 Å². The van der Waals surface area contributed by atoms with Crippen LogP contribution in [0.25, 0.3) is 0 Å². The topological polar surface area (TPSA) is 18.5 Å². The molecule has 0 radical (unpaired) electrons. The van der Waals surface area contributed by atoms with E-state index >= 15 is 0 Å². The van der Waals surface area contributed by atoms with E-state index in [1.54, 1.807) is 6.07 Å². The van der Waals surface area contributed by atoms with Crippen LogP contribution in [0, 0.1) is 11.6 Å². The molecule has 0 N–H and O–H groups in total. The minimum absolute atomic E-state index is 0.218. The van der Waals surface area contributed by atoms with Gasteiger partial charge in [0.15, 0.2) is 0 Å². The summed E-state index contributed by atoms with van der Waals surface area (Å²) in [5.41, 5.74) is 0.354. The zero-order valence-electron chi connectivity index (χ0n) is 11.9. The lowest BCUT2D eigenvalue weighted by Crippen LogP contribution is -2.17. The molecule has 0 fully saturated rings. The van der Waals surface area contributed by atoms with E-state index in [1.165, 1.54) is 18.2 Å². The molecule has 0 saturated heterocycles. The Morgan fingerprint density at radius 1 is 0.870 bits per heavy atom. The van der Waals surface area contributed by atoms with Crippen molar-refractivity contribution >= 4 is 0 Å². The van der Waals surface area contributed by atoms with E-state index in [2.05, 4.69) is 4.74 Å². The van der Waals surface area contributed by atoms with Gasteiger partial charge >= 0.3 is 6.36 Å². The van der Waals surface area contributed by atoms with Crippen molar-refractivity contribution in [2.24, 2.45) is 0 Å². The summed E-state index contributed by atoms with van der Waals surface area (Å²) >= 11 is 0. The maximum Gasteiger partial charge on any atom is 0.573 e. The van der Waals surface area contributed by atoms with Gasteiger partial charge in [-0.2, -0.15) is 0 Å². The van der Waals surface area contributed by atoms with Crippen LogP contribution in [0.1, 0.15) is 12.0 Å². The Balaban J connectivity index is 1.88. The van der Waals surface area contributed by atoms with Crippen LogP contribution in [0.15, 0.2) is 42.5 Å². The van der Waals surface area contributed by atoms with E-state index in [1.807, 2.05) is 0 Å². The number of hydrogen-bond acceptors (Lipinski definition) is 2. The van der Waals surface area contributed by atoms with Gasteiger partial charge in [-0.3, -0.25) is 0 Å². The van der Waals surface area contributed by atoms with E-state index in [-0.39, 0.29) is 6.61 Å². The minimum Gasteiger partial charge on any atom is -0.493 e. The van der Waals surface area contributed by atoms with Gasteiger partial charge in [-0.05, 0) is 42.7 Å². The Labute approximate surface area is 129 Å². The first-order valence-corrected chi connectivity index (χ1v) is 6.75. The first-order chi connectivity index (χ1) is 10.8. The monoisotopic (exact) mass is 332 g/mol. The molecule has 0 unspecified atom stereocenters. The molecule has 0 aliphatic carbocycles. The lowest BCUT2D eigenvalue weighted by molar-refractivity contribution is -0.274. The zero-order chi connectivity index (χ0) is 16.9. The maximum absolute atomic E-state index is 13.3. The van der Waals surface area contributed by atoms with Crippen molar-refractivity contribution in [1.29, 1.82) is 0 Å². The number of rotatable bonds is 6. The van der Waals surface area contributed by atoms with E-state index in [0.29, 0.717) is 30.2 Å². The summed E-state index contributed by atoms with van der Waals surface area (Å²) in [4.78, 5) is 0. The average molecular weight is 332 g/mol. The SMILES string of the molecule is Fc1cccc(OCCCc2cc(F)cc(OC(F)(F)F)c2)c1. The molecule has 124 valence electrons.